The molecule has 1 aliphatic rings. The first-order valence-corrected chi connectivity index (χ1v) is 7.46. The molecule has 0 aromatic carbocycles. The Morgan fingerprint density at radius 1 is 1.38 bits per heavy atom. The fourth-order valence-electron chi connectivity index (χ4n) is 2.96. The highest BCUT2D eigenvalue weighted by Crippen LogP contribution is 2.38. The summed E-state index contributed by atoms with van der Waals surface area (Å²) in [7, 11) is 0. The second kappa shape index (κ2) is 5.33. The van der Waals surface area contributed by atoms with Crippen LogP contribution in [0, 0.1) is 6.92 Å². The molecule has 2 rings (SSSR count). The molecule has 0 amide bonds. The maximum atomic E-state index is 3.85. The van der Waals surface area contributed by atoms with E-state index in [9.17, 15) is 0 Å². The van der Waals surface area contributed by atoms with Crippen LogP contribution in [0.3, 0.4) is 0 Å². The van der Waals surface area contributed by atoms with Crippen molar-refractivity contribution in [3.8, 4) is 0 Å². The van der Waals surface area contributed by atoms with Crippen LogP contribution in [0.5, 0.6) is 0 Å². The van der Waals surface area contributed by atoms with E-state index in [1.807, 2.05) is 11.3 Å². The lowest BCUT2D eigenvalue weighted by Gasteiger charge is -2.34. The normalized spacial score (nSPS) is 26.6. The van der Waals surface area contributed by atoms with Crippen molar-refractivity contribution in [3.63, 3.8) is 0 Å². The van der Waals surface area contributed by atoms with Gasteiger partial charge >= 0.3 is 0 Å². The van der Waals surface area contributed by atoms with Gasteiger partial charge in [0, 0.05) is 4.88 Å². The third-order valence-corrected chi connectivity index (χ3v) is 4.94. The molecule has 1 aromatic heterocycles. The molecule has 0 saturated carbocycles. The summed E-state index contributed by atoms with van der Waals surface area (Å²) >= 11 is 1.94. The maximum Gasteiger partial charge on any atom is 0.0531 e. The Hall–Kier alpha value is -0.340. The molecule has 0 bridgehead atoms. The van der Waals surface area contributed by atoms with Crippen LogP contribution in [0.4, 0.5) is 0 Å². The highest BCUT2D eigenvalue weighted by molar-refractivity contribution is 7.10. The van der Waals surface area contributed by atoms with Crippen LogP contribution in [0.15, 0.2) is 11.4 Å². The highest BCUT2D eigenvalue weighted by atomic mass is 32.1. The molecule has 1 aromatic rings. The van der Waals surface area contributed by atoms with Crippen LogP contribution in [0.1, 0.15) is 55.9 Å². The lowest BCUT2D eigenvalue weighted by Crippen LogP contribution is -2.41. The van der Waals surface area contributed by atoms with Gasteiger partial charge in [0.05, 0.1) is 5.54 Å². The van der Waals surface area contributed by atoms with E-state index in [4.69, 9.17) is 0 Å². The van der Waals surface area contributed by atoms with Crippen molar-refractivity contribution in [2.75, 3.05) is 6.54 Å². The number of rotatable bonds is 3. The summed E-state index contributed by atoms with van der Waals surface area (Å²) in [6.45, 7) is 5.75. The topological polar surface area (TPSA) is 12.0 Å². The van der Waals surface area contributed by atoms with Crippen molar-refractivity contribution in [2.45, 2.75) is 57.9 Å². The summed E-state index contributed by atoms with van der Waals surface area (Å²) in [5.74, 6) is 0. The number of nitrogens with one attached hydrogen (secondary N) is 1. The molecule has 2 heteroatoms. The SMILES string of the molecule is CCCC1(c2sccc2C)CCCCCN1. The Kier molecular flexibility index (Phi) is 4.04. The average Bonchev–Trinajstić information content (AvgIpc) is 2.57. The van der Waals surface area contributed by atoms with E-state index >= 15 is 0 Å². The predicted octanol–water partition coefficient (Wildman–Crippen LogP) is 4.22. The summed E-state index contributed by atoms with van der Waals surface area (Å²) in [6, 6.07) is 2.27. The fraction of sp³-hybridized carbons (Fsp3) is 0.714. The smallest absolute Gasteiger partial charge is 0.0531 e. The van der Waals surface area contributed by atoms with Crippen molar-refractivity contribution >= 4 is 11.3 Å². The zero-order valence-electron chi connectivity index (χ0n) is 10.5. The molecule has 2 heterocycles. The van der Waals surface area contributed by atoms with Crippen LogP contribution >= 0.6 is 11.3 Å². The van der Waals surface area contributed by atoms with Crippen LogP contribution in [-0.2, 0) is 5.54 Å². The van der Waals surface area contributed by atoms with Gasteiger partial charge in [0.25, 0.3) is 0 Å². The van der Waals surface area contributed by atoms with Crippen molar-refractivity contribution in [2.24, 2.45) is 0 Å². The van der Waals surface area contributed by atoms with Gasteiger partial charge in [0.15, 0.2) is 0 Å². The van der Waals surface area contributed by atoms with Gasteiger partial charge in [0.1, 0.15) is 0 Å². The van der Waals surface area contributed by atoms with Crippen LogP contribution in [0.25, 0.3) is 0 Å². The standard InChI is InChI=1S/C14H23NS/c1-3-8-14(9-5-4-6-10-15-14)13-12(2)7-11-16-13/h7,11,15H,3-6,8-10H2,1-2H3. The van der Waals surface area contributed by atoms with Gasteiger partial charge in [-0.05, 0) is 49.7 Å². The molecule has 1 nitrogen and oxygen atoms in total. The van der Waals surface area contributed by atoms with Gasteiger partial charge in [-0.25, -0.2) is 0 Å². The van der Waals surface area contributed by atoms with Crippen molar-refractivity contribution in [3.05, 3.63) is 21.9 Å². The minimum absolute atomic E-state index is 0.295. The second-order valence-electron chi connectivity index (χ2n) is 5.00. The lowest BCUT2D eigenvalue weighted by molar-refractivity contribution is 0.302. The number of thiophene rings is 1. The summed E-state index contributed by atoms with van der Waals surface area (Å²) in [5.41, 5.74) is 1.77. The molecule has 1 atom stereocenters. The number of hydrogen-bond acceptors (Lipinski definition) is 2. The molecule has 1 fully saturated rings. The molecule has 0 radical (unpaired) electrons. The molecule has 90 valence electrons. The van der Waals surface area contributed by atoms with Crippen molar-refractivity contribution < 1.29 is 0 Å². The minimum Gasteiger partial charge on any atom is -0.307 e. The van der Waals surface area contributed by atoms with E-state index in [2.05, 4.69) is 30.6 Å². The average molecular weight is 237 g/mol. The zero-order chi connectivity index (χ0) is 11.4. The van der Waals surface area contributed by atoms with Crippen molar-refractivity contribution in [1.82, 2.24) is 5.32 Å². The first-order chi connectivity index (χ1) is 7.78. The zero-order valence-corrected chi connectivity index (χ0v) is 11.3. The maximum absolute atomic E-state index is 3.85. The predicted molar refractivity (Wildman–Crippen MR) is 72.1 cm³/mol. The molecule has 1 N–H and O–H groups in total. The van der Waals surface area contributed by atoms with Crippen molar-refractivity contribution in [1.29, 1.82) is 0 Å². The summed E-state index contributed by atoms with van der Waals surface area (Å²) in [5, 5.41) is 6.09. The third-order valence-electron chi connectivity index (χ3n) is 3.72. The van der Waals surface area contributed by atoms with E-state index in [0.29, 0.717) is 5.54 Å². The molecule has 0 spiro atoms. The molecular formula is C14H23NS. The summed E-state index contributed by atoms with van der Waals surface area (Å²) in [4.78, 5) is 1.59. The number of aryl methyl sites for hydroxylation is 1. The fourth-order valence-corrected chi connectivity index (χ4v) is 4.12. The minimum atomic E-state index is 0.295. The first-order valence-electron chi connectivity index (χ1n) is 6.58. The number of hydrogen-bond donors (Lipinski definition) is 1. The Labute approximate surface area is 103 Å². The third kappa shape index (κ3) is 2.33. The monoisotopic (exact) mass is 237 g/mol. The van der Waals surface area contributed by atoms with Gasteiger partial charge in [0.2, 0.25) is 0 Å². The van der Waals surface area contributed by atoms with Crippen LogP contribution < -0.4 is 5.32 Å². The van der Waals surface area contributed by atoms with Gasteiger partial charge < -0.3 is 5.32 Å². The van der Waals surface area contributed by atoms with Gasteiger partial charge in [-0.1, -0.05) is 26.2 Å². The largest absolute Gasteiger partial charge is 0.307 e. The van der Waals surface area contributed by atoms with E-state index < -0.39 is 0 Å². The highest BCUT2D eigenvalue weighted by Gasteiger charge is 2.33. The molecule has 1 unspecified atom stereocenters. The van der Waals surface area contributed by atoms with E-state index in [0.717, 1.165) is 0 Å². The molecule has 0 aliphatic carbocycles. The first kappa shape index (κ1) is 12.1. The van der Waals surface area contributed by atoms with Crippen LogP contribution in [0.2, 0.25) is 0 Å². The quantitative estimate of drug-likeness (QED) is 0.830. The molecule has 16 heavy (non-hydrogen) atoms. The summed E-state index contributed by atoms with van der Waals surface area (Å²) < 4.78 is 0. The lowest BCUT2D eigenvalue weighted by atomic mass is 9.85. The van der Waals surface area contributed by atoms with Gasteiger partial charge in [-0.2, -0.15) is 0 Å². The van der Waals surface area contributed by atoms with E-state index in [1.54, 1.807) is 4.88 Å². The summed E-state index contributed by atoms with van der Waals surface area (Å²) in [6.07, 6.45) is 7.99. The van der Waals surface area contributed by atoms with E-state index in [1.165, 1.54) is 50.6 Å². The molecule has 1 aliphatic heterocycles. The Morgan fingerprint density at radius 3 is 2.94 bits per heavy atom. The second-order valence-corrected chi connectivity index (χ2v) is 5.92. The Morgan fingerprint density at radius 2 is 2.25 bits per heavy atom. The Balaban J connectivity index is 2.29. The van der Waals surface area contributed by atoms with Gasteiger partial charge in [-0.3, -0.25) is 0 Å². The Bertz CT molecular complexity index is 321. The molecule has 1 saturated heterocycles. The van der Waals surface area contributed by atoms with Gasteiger partial charge in [-0.15, -0.1) is 11.3 Å². The van der Waals surface area contributed by atoms with Crippen LogP contribution in [-0.4, -0.2) is 6.54 Å². The molecular weight excluding hydrogens is 214 g/mol. The van der Waals surface area contributed by atoms with E-state index in [-0.39, 0.29) is 0 Å².